The summed E-state index contributed by atoms with van der Waals surface area (Å²) in [6, 6.07) is 24.3. The molecule has 4 aromatic rings. The van der Waals surface area contributed by atoms with Gasteiger partial charge in [-0.05, 0) is 30.2 Å². The number of ether oxygens (including phenoxy) is 1. The van der Waals surface area contributed by atoms with E-state index in [-0.39, 0.29) is 18.4 Å². The van der Waals surface area contributed by atoms with Crippen molar-refractivity contribution in [2.75, 3.05) is 6.54 Å². The van der Waals surface area contributed by atoms with Crippen molar-refractivity contribution in [2.24, 2.45) is 5.92 Å². The van der Waals surface area contributed by atoms with E-state index in [0.29, 0.717) is 41.2 Å². The van der Waals surface area contributed by atoms with Crippen LogP contribution in [0.3, 0.4) is 0 Å². The first-order valence-corrected chi connectivity index (χ1v) is 11.5. The molecule has 0 aliphatic rings. The molecular formula is C27H26ClN3O3. The van der Waals surface area contributed by atoms with Crippen molar-refractivity contribution >= 4 is 17.5 Å². The van der Waals surface area contributed by atoms with E-state index >= 15 is 0 Å². The maximum Gasteiger partial charge on any atom is 0.254 e. The molecule has 0 aliphatic heterocycles. The first-order valence-electron chi connectivity index (χ1n) is 11.1. The zero-order valence-corrected chi connectivity index (χ0v) is 19.9. The number of rotatable bonds is 9. The minimum atomic E-state index is -0.128. The summed E-state index contributed by atoms with van der Waals surface area (Å²) < 4.78 is 11.3. The monoisotopic (exact) mass is 475 g/mol. The molecule has 0 saturated heterocycles. The zero-order valence-electron chi connectivity index (χ0n) is 19.1. The third-order valence-corrected chi connectivity index (χ3v) is 5.50. The third-order valence-electron chi connectivity index (χ3n) is 5.13. The van der Waals surface area contributed by atoms with Gasteiger partial charge in [0.2, 0.25) is 11.7 Å². The van der Waals surface area contributed by atoms with Gasteiger partial charge in [0, 0.05) is 28.3 Å². The van der Waals surface area contributed by atoms with Crippen LogP contribution >= 0.6 is 11.6 Å². The normalized spacial score (nSPS) is 10.9. The lowest BCUT2D eigenvalue weighted by Crippen LogP contribution is -2.33. The smallest absolute Gasteiger partial charge is 0.254 e. The van der Waals surface area contributed by atoms with Gasteiger partial charge in [-0.2, -0.15) is 4.98 Å². The standard InChI is InChI=1S/C27H26ClN3O3/c1-19(2)16-31(17-25-29-26(30-34-25)20-9-4-3-5-10-20)27(32)21-12-8-13-23(15-21)33-18-22-11-6-7-14-24(22)28/h3-15,19H,16-18H2,1-2H3. The summed E-state index contributed by atoms with van der Waals surface area (Å²) >= 11 is 6.22. The summed E-state index contributed by atoms with van der Waals surface area (Å²) in [5.41, 5.74) is 2.27. The lowest BCUT2D eigenvalue weighted by Gasteiger charge is -2.23. The van der Waals surface area contributed by atoms with Crippen LogP contribution in [0.25, 0.3) is 11.4 Å². The van der Waals surface area contributed by atoms with Crippen molar-refractivity contribution in [1.29, 1.82) is 0 Å². The molecule has 0 bridgehead atoms. The zero-order chi connectivity index (χ0) is 23.9. The van der Waals surface area contributed by atoms with E-state index < -0.39 is 0 Å². The van der Waals surface area contributed by atoms with Gasteiger partial charge < -0.3 is 14.2 Å². The van der Waals surface area contributed by atoms with Gasteiger partial charge in [-0.1, -0.05) is 85.2 Å². The van der Waals surface area contributed by atoms with Crippen molar-refractivity contribution in [2.45, 2.75) is 27.0 Å². The molecule has 0 atom stereocenters. The van der Waals surface area contributed by atoms with E-state index in [1.807, 2.05) is 66.7 Å². The maximum absolute atomic E-state index is 13.4. The van der Waals surface area contributed by atoms with Crippen LogP contribution in [0.15, 0.2) is 83.4 Å². The van der Waals surface area contributed by atoms with E-state index in [1.54, 1.807) is 17.0 Å². The molecule has 34 heavy (non-hydrogen) atoms. The Labute approximate surface area is 204 Å². The highest BCUT2D eigenvalue weighted by molar-refractivity contribution is 6.31. The average molecular weight is 476 g/mol. The van der Waals surface area contributed by atoms with Crippen LogP contribution < -0.4 is 4.74 Å². The van der Waals surface area contributed by atoms with Gasteiger partial charge in [0.15, 0.2) is 0 Å². The van der Waals surface area contributed by atoms with Gasteiger partial charge in [0.05, 0.1) is 0 Å². The number of hydrogen-bond acceptors (Lipinski definition) is 5. The van der Waals surface area contributed by atoms with Gasteiger partial charge in [-0.15, -0.1) is 0 Å². The molecule has 0 radical (unpaired) electrons. The topological polar surface area (TPSA) is 68.5 Å². The van der Waals surface area contributed by atoms with Gasteiger partial charge in [0.1, 0.15) is 18.9 Å². The maximum atomic E-state index is 13.4. The van der Waals surface area contributed by atoms with Gasteiger partial charge >= 0.3 is 0 Å². The number of nitrogens with zero attached hydrogens (tertiary/aromatic N) is 3. The van der Waals surface area contributed by atoms with Gasteiger partial charge in [-0.25, -0.2) is 0 Å². The Kier molecular flexibility index (Phi) is 7.60. The SMILES string of the molecule is CC(C)CN(Cc1nc(-c2ccccc2)no1)C(=O)c1cccc(OCc2ccccc2Cl)c1. The second kappa shape index (κ2) is 11.0. The summed E-state index contributed by atoms with van der Waals surface area (Å²) in [6.45, 7) is 5.21. The van der Waals surface area contributed by atoms with Crippen LogP contribution in [0.1, 0.15) is 35.7 Å². The Morgan fingerprint density at radius 2 is 1.79 bits per heavy atom. The highest BCUT2D eigenvalue weighted by Gasteiger charge is 2.21. The fraction of sp³-hybridized carbons (Fsp3) is 0.222. The number of aromatic nitrogens is 2. The second-order valence-corrected chi connectivity index (χ2v) is 8.77. The highest BCUT2D eigenvalue weighted by Crippen LogP contribution is 2.21. The van der Waals surface area contributed by atoms with Crippen molar-refractivity contribution in [3.63, 3.8) is 0 Å². The Bertz CT molecular complexity index is 1240. The van der Waals surface area contributed by atoms with Gasteiger partial charge in [0.25, 0.3) is 5.91 Å². The summed E-state index contributed by atoms with van der Waals surface area (Å²) in [5, 5.41) is 4.72. The van der Waals surface area contributed by atoms with Crippen LogP contribution in [-0.2, 0) is 13.2 Å². The number of halogens is 1. The molecule has 1 amide bonds. The molecule has 4 rings (SSSR count). The van der Waals surface area contributed by atoms with Crippen molar-refractivity contribution in [3.8, 4) is 17.1 Å². The van der Waals surface area contributed by atoms with Crippen LogP contribution in [0.5, 0.6) is 5.75 Å². The molecule has 3 aromatic carbocycles. The van der Waals surface area contributed by atoms with Crippen LogP contribution in [-0.4, -0.2) is 27.5 Å². The second-order valence-electron chi connectivity index (χ2n) is 8.37. The largest absolute Gasteiger partial charge is 0.489 e. The molecular weight excluding hydrogens is 450 g/mol. The molecule has 7 heteroatoms. The molecule has 174 valence electrons. The van der Waals surface area contributed by atoms with E-state index in [1.165, 1.54) is 0 Å². The Balaban J connectivity index is 1.48. The Hall–Kier alpha value is -3.64. The minimum Gasteiger partial charge on any atom is -0.489 e. The van der Waals surface area contributed by atoms with Gasteiger partial charge in [-0.3, -0.25) is 4.79 Å². The molecule has 0 unspecified atom stereocenters. The summed E-state index contributed by atoms with van der Waals surface area (Å²) in [5.74, 6) is 1.62. The summed E-state index contributed by atoms with van der Waals surface area (Å²) in [4.78, 5) is 19.6. The fourth-order valence-corrected chi connectivity index (χ4v) is 3.72. The molecule has 0 spiro atoms. The molecule has 1 heterocycles. The molecule has 0 aliphatic carbocycles. The summed E-state index contributed by atoms with van der Waals surface area (Å²) in [6.07, 6.45) is 0. The number of carbonyl (C=O) groups is 1. The number of carbonyl (C=O) groups excluding carboxylic acids is 1. The van der Waals surface area contributed by atoms with Crippen LogP contribution in [0, 0.1) is 5.92 Å². The number of benzene rings is 3. The molecule has 0 N–H and O–H groups in total. The number of amides is 1. The fourth-order valence-electron chi connectivity index (χ4n) is 3.52. The lowest BCUT2D eigenvalue weighted by atomic mass is 10.1. The minimum absolute atomic E-state index is 0.128. The van der Waals surface area contributed by atoms with E-state index in [2.05, 4.69) is 24.0 Å². The predicted molar refractivity (Wildman–Crippen MR) is 132 cm³/mol. The lowest BCUT2D eigenvalue weighted by molar-refractivity contribution is 0.0702. The number of hydrogen-bond donors (Lipinski definition) is 0. The third kappa shape index (κ3) is 6.02. The van der Waals surface area contributed by atoms with E-state index in [9.17, 15) is 4.79 Å². The van der Waals surface area contributed by atoms with Crippen LogP contribution in [0.4, 0.5) is 0 Å². The van der Waals surface area contributed by atoms with Crippen molar-refractivity contribution in [1.82, 2.24) is 15.0 Å². The van der Waals surface area contributed by atoms with Crippen molar-refractivity contribution < 1.29 is 14.1 Å². The summed E-state index contributed by atoms with van der Waals surface area (Å²) in [7, 11) is 0. The average Bonchev–Trinajstić information content (AvgIpc) is 3.32. The predicted octanol–water partition coefficient (Wildman–Crippen LogP) is 6.27. The molecule has 1 aromatic heterocycles. The molecule has 0 fully saturated rings. The van der Waals surface area contributed by atoms with Crippen LogP contribution in [0.2, 0.25) is 5.02 Å². The van der Waals surface area contributed by atoms with Crippen molar-refractivity contribution in [3.05, 3.63) is 101 Å². The first kappa shape index (κ1) is 23.5. The highest BCUT2D eigenvalue weighted by atomic mass is 35.5. The molecule has 0 saturated carbocycles. The quantitative estimate of drug-likeness (QED) is 0.285. The Morgan fingerprint density at radius 1 is 1.03 bits per heavy atom. The molecule has 6 nitrogen and oxygen atoms in total. The van der Waals surface area contributed by atoms with E-state index in [4.69, 9.17) is 20.9 Å². The Morgan fingerprint density at radius 3 is 2.56 bits per heavy atom. The van der Waals surface area contributed by atoms with E-state index in [0.717, 1.165) is 11.1 Å². The first-order chi connectivity index (χ1) is 16.5.